The Morgan fingerprint density at radius 3 is 2.89 bits per heavy atom. The molecular weight excluding hydrogens is 236 g/mol. The third kappa shape index (κ3) is 3.16. The van der Waals surface area contributed by atoms with Gasteiger partial charge in [-0.1, -0.05) is 30.3 Å². The van der Waals surface area contributed by atoms with E-state index in [4.69, 9.17) is 0 Å². The van der Waals surface area contributed by atoms with E-state index in [1.165, 1.54) is 31.5 Å². The molecule has 2 saturated heterocycles. The van der Waals surface area contributed by atoms with Crippen LogP contribution >= 0.6 is 0 Å². The standard InChI is InChI=1S/C16H24N2O/c19-12-14-8-15-11-18(7-6-16(15)17-9-14)10-13-4-2-1-3-5-13/h1-5,14-17,19H,6-12H2. The van der Waals surface area contributed by atoms with Crippen LogP contribution in [0.4, 0.5) is 0 Å². The van der Waals surface area contributed by atoms with Crippen molar-refractivity contribution >= 4 is 0 Å². The highest BCUT2D eigenvalue weighted by molar-refractivity contribution is 5.14. The second-order valence-corrected chi connectivity index (χ2v) is 6.07. The van der Waals surface area contributed by atoms with E-state index in [0.717, 1.165) is 13.1 Å². The van der Waals surface area contributed by atoms with Crippen molar-refractivity contribution in [1.29, 1.82) is 0 Å². The van der Waals surface area contributed by atoms with Gasteiger partial charge in [0.25, 0.3) is 0 Å². The van der Waals surface area contributed by atoms with Gasteiger partial charge in [0, 0.05) is 32.3 Å². The van der Waals surface area contributed by atoms with E-state index in [1.807, 2.05) is 0 Å². The molecule has 19 heavy (non-hydrogen) atoms. The first-order chi connectivity index (χ1) is 9.35. The smallest absolute Gasteiger partial charge is 0.0471 e. The van der Waals surface area contributed by atoms with Crippen LogP contribution < -0.4 is 5.32 Å². The lowest BCUT2D eigenvalue weighted by atomic mass is 9.81. The Kier molecular flexibility index (Phi) is 4.16. The van der Waals surface area contributed by atoms with Gasteiger partial charge < -0.3 is 10.4 Å². The first-order valence-corrected chi connectivity index (χ1v) is 7.45. The summed E-state index contributed by atoms with van der Waals surface area (Å²) in [6, 6.07) is 11.4. The van der Waals surface area contributed by atoms with Gasteiger partial charge in [0.15, 0.2) is 0 Å². The first-order valence-electron chi connectivity index (χ1n) is 7.45. The molecule has 3 unspecified atom stereocenters. The number of aliphatic hydroxyl groups is 1. The summed E-state index contributed by atoms with van der Waals surface area (Å²) < 4.78 is 0. The maximum absolute atomic E-state index is 9.33. The minimum Gasteiger partial charge on any atom is -0.396 e. The number of nitrogens with zero attached hydrogens (tertiary/aromatic N) is 1. The Morgan fingerprint density at radius 1 is 1.26 bits per heavy atom. The van der Waals surface area contributed by atoms with Crippen molar-refractivity contribution in [3.8, 4) is 0 Å². The van der Waals surface area contributed by atoms with Gasteiger partial charge >= 0.3 is 0 Å². The van der Waals surface area contributed by atoms with E-state index in [-0.39, 0.29) is 0 Å². The van der Waals surface area contributed by atoms with Gasteiger partial charge in [-0.3, -0.25) is 4.90 Å². The number of fused-ring (bicyclic) bond motifs is 1. The average molecular weight is 260 g/mol. The van der Waals surface area contributed by atoms with Crippen LogP contribution in [0.1, 0.15) is 18.4 Å². The van der Waals surface area contributed by atoms with Gasteiger partial charge in [0.05, 0.1) is 0 Å². The summed E-state index contributed by atoms with van der Waals surface area (Å²) in [7, 11) is 0. The van der Waals surface area contributed by atoms with Crippen LogP contribution in [-0.4, -0.2) is 42.3 Å². The minimum atomic E-state index is 0.328. The van der Waals surface area contributed by atoms with E-state index >= 15 is 0 Å². The van der Waals surface area contributed by atoms with E-state index in [9.17, 15) is 5.11 Å². The number of hydrogen-bond donors (Lipinski definition) is 2. The number of piperidine rings is 2. The van der Waals surface area contributed by atoms with Crippen molar-refractivity contribution in [3.63, 3.8) is 0 Å². The lowest BCUT2D eigenvalue weighted by molar-refractivity contribution is 0.0697. The molecule has 3 nitrogen and oxygen atoms in total. The predicted octanol–water partition coefficient (Wildman–Crippen LogP) is 1.48. The molecule has 2 fully saturated rings. The van der Waals surface area contributed by atoms with Gasteiger partial charge in [-0.05, 0) is 36.8 Å². The Bertz CT molecular complexity index is 395. The zero-order valence-electron chi connectivity index (χ0n) is 11.5. The average Bonchev–Trinajstić information content (AvgIpc) is 2.47. The summed E-state index contributed by atoms with van der Waals surface area (Å²) >= 11 is 0. The fourth-order valence-corrected chi connectivity index (χ4v) is 3.57. The zero-order chi connectivity index (χ0) is 13.1. The molecule has 0 spiro atoms. The first kappa shape index (κ1) is 13.1. The van der Waals surface area contributed by atoms with Crippen LogP contribution in [0.3, 0.4) is 0 Å². The number of benzene rings is 1. The molecule has 0 aromatic heterocycles. The Labute approximate surface area is 115 Å². The van der Waals surface area contributed by atoms with Gasteiger partial charge in [-0.25, -0.2) is 0 Å². The van der Waals surface area contributed by atoms with Gasteiger partial charge in [-0.15, -0.1) is 0 Å². The third-order valence-electron chi connectivity index (χ3n) is 4.63. The molecule has 2 N–H and O–H groups in total. The van der Waals surface area contributed by atoms with Crippen molar-refractivity contribution in [2.75, 3.05) is 26.2 Å². The molecule has 104 valence electrons. The van der Waals surface area contributed by atoms with Crippen LogP contribution in [-0.2, 0) is 6.54 Å². The lowest BCUT2D eigenvalue weighted by Crippen LogP contribution is -2.54. The largest absolute Gasteiger partial charge is 0.396 e. The molecule has 3 heteroatoms. The molecule has 2 heterocycles. The van der Waals surface area contributed by atoms with Crippen molar-refractivity contribution in [2.24, 2.45) is 11.8 Å². The second-order valence-electron chi connectivity index (χ2n) is 6.07. The molecule has 3 atom stereocenters. The van der Waals surface area contributed by atoms with Crippen molar-refractivity contribution in [3.05, 3.63) is 35.9 Å². The Morgan fingerprint density at radius 2 is 2.11 bits per heavy atom. The summed E-state index contributed by atoms with van der Waals surface area (Å²) in [4.78, 5) is 2.57. The van der Waals surface area contributed by atoms with Crippen LogP contribution in [0.2, 0.25) is 0 Å². The maximum atomic E-state index is 9.33. The lowest BCUT2D eigenvalue weighted by Gasteiger charge is -2.44. The molecule has 2 aliphatic heterocycles. The highest BCUT2D eigenvalue weighted by Gasteiger charge is 2.34. The third-order valence-corrected chi connectivity index (χ3v) is 4.63. The molecule has 2 aliphatic rings. The summed E-state index contributed by atoms with van der Waals surface area (Å²) in [5.74, 6) is 1.17. The van der Waals surface area contributed by atoms with Crippen molar-refractivity contribution < 1.29 is 5.11 Å². The normalized spacial score (nSPS) is 31.9. The number of hydrogen-bond acceptors (Lipinski definition) is 3. The van der Waals surface area contributed by atoms with E-state index in [0.29, 0.717) is 24.5 Å². The van der Waals surface area contributed by atoms with Crippen LogP contribution in [0.15, 0.2) is 30.3 Å². The molecule has 0 bridgehead atoms. The highest BCUT2D eigenvalue weighted by atomic mass is 16.3. The second kappa shape index (κ2) is 6.04. The van der Waals surface area contributed by atoms with Crippen LogP contribution in [0, 0.1) is 11.8 Å². The molecule has 0 amide bonds. The minimum absolute atomic E-state index is 0.328. The molecule has 0 saturated carbocycles. The van der Waals surface area contributed by atoms with Crippen molar-refractivity contribution in [1.82, 2.24) is 10.2 Å². The fraction of sp³-hybridized carbons (Fsp3) is 0.625. The molecule has 1 aromatic rings. The zero-order valence-corrected chi connectivity index (χ0v) is 11.5. The van der Waals surface area contributed by atoms with E-state index in [2.05, 4.69) is 40.5 Å². The number of rotatable bonds is 3. The predicted molar refractivity (Wildman–Crippen MR) is 76.8 cm³/mol. The van der Waals surface area contributed by atoms with Gasteiger partial charge in [0.1, 0.15) is 0 Å². The van der Waals surface area contributed by atoms with Crippen molar-refractivity contribution in [2.45, 2.75) is 25.4 Å². The molecule has 1 aromatic carbocycles. The summed E-state index contributed by atoms with van der Waals surface area (Å²) in [6.07, 6.45) is 2.43. The molecule has 0 radical (unpaired) electrons. The summed E-state index contributed by atoms with van der Waals surface area (Å²) in [6.45, 7) is 4.75. The van der Waals surface area contributed by atoms with Crippen LogP contribution in [0.5, 0.6) is 0 Å². The van der Waals surface area contributed by atoms with E-state index in [1.54, 1.807) is 0 Å². The number of nitrogens with one attached hydrogen (secondary N) is 1. The van der Waals surface area contributed by atoms with Gasteiger partial charge in [-0.2, -0.15) is 0 Å². The molecular formula is C16H24N2O. The number of aliphatic hydroxyl groups excluding tert-OH is 1. The van der Waals surface area contributed by atoms with E-state index < -0.39 is 0 Å². The summed E-state index contributed by atoms with van der Waals surface area (Å²) in [5.41, 5.74) is 1.41. The topological polar surface area (TPSA) is 35.5 Å². The summed E-state index contributed by atoms with van der Waals surface area (Å²) in [5, 5.41) is 12.9. The number of likely N-dealkylation sites (tertiary alicyclic amines) is 1. The SMILES string of the molecule is OCC1CNC2CCN(Cc3ccccc3)CC2C1. The Hall–Kier alpha value is -0.900. The highest BCUT2D eigenvalue weighted by Crippen LogP contribution is 2.28. The Balaban J connectivity index is 1.58. The quantitative estimate of drug-likeness (QED) is 0.864. The monoisotopic (exact) mass is 260 g/mol. The fourth-order valence-electron chi connectivity index (χ4n) is 3.57. The van der Waals surface area contributed by atoms with Gasteiger partial charge in [0.2, 0.25) is 0 Å². The van der Waals surface area contributed by atoms with Crippen LogP contribution in [0.25, 0.3) is 0 Å². The molecule has 3 rings (SSSR count). The molecule has 0 aliphatic carbocycles. The maximum Gasteiger partial charge on any atom is 0.0471 e.